The van der Waals surface area contributed by atoms with Crippen LogP contribution in [0.5, 0.6) is 0 Å². The predicted octanol–water partition coefficient (Wildman–Crippen LogP) is 4.06. The maximum atomic E-state index is 3.61. The van der Waals surface area contributed by atoms with Crippen LogP contribution in [0.3, 0.4) is 0 Å². The first-order chi connectivity index (χ1) is 9.74. The monoisotopic (exact) mass is 280 g/mol. The molecule has 2 fully saturated rings. The van der Waals surface area contributed by atoms with Crippen molar-refractivity contribution in [3.05, 3.63) is 0 Å². The van der Waals surface area contributed by atoms with Crippen molar-refractivity contribution in [1.29, 1.82) is 0 Å². The molecule has 2 heteroatoms. The fourth-order valence-electron chi connectivity index (χ4n) is 4.52. The molecule has 0 aromatic heterocycles. The molecular formula is C18H36N2. The number of nitrogens with one attached hydrogen (secondary N) is 1. The highest BCUT2D eigenvalue weighted by Gasteiger charge is 2.31. The molecule has 0 amide bonds. The van der Waals surface area contributed by atoms with E-state index < -0.39 is 0 Å². The molecule has 0 spiro atoms. The van der Waals surface area contributed by atoms with Gasteiger partial charge in [-0.3, -0.25) is 0 Å². The zero-order valence-corrected chi connectivity index (χ0v) is 14.0. The summed E-state index contributed by atoms with van der Waals surface area (Å²) in [5.74, 6) is 1.88. The lowest BCUT2D eigenvalue weighted by molar-refractivity contribution is 0.117. The molecule has 1 aliphatic carbocycles. The quantitative estimate of drug-likeness (QED) is 0.817. The van der Waals surface area contributed by atoms with E-state index in [1.54, 1.807) is 0 Å². The van der Waals surface area contributed by atoms with Gasteiger partial charge in [0.1, 0.15) is 0 Å². The van der Waals surface area contributed by atoms with Gasteiger partial charge in [0.2, 0.25) is 0 Å². The number of hydrogen-bond donors (Lipinski definition) is 1. The molecular weight excluding hydrogens is 244 g/mol. The zero-order chi connectivity index (χ0) is 14.4. The third kappa shape index (κ3) is 4.46. The molecule has 0 bridgehead atoms. The van der Waals surface area contributed by atoms with Gasteiger partial charge in [0.05, 0.1) is 0 Å². The van der Waals surface area contributed by atoms with E-state index in [1.807, 2.05) is 0 Å². The highest BCUT2D eigenvalue weighted by atomic mass is 15.2. The lowest BCUT2D eigenvalue weighted by Crippen LogP contribution is -2.46. The standard InChI is InChI=1S/C18H36N2/c1-4-8-16-10-11-18(19-3)17(13-16)14-20-12-7-5-6-9-15(20)2/h15-19H,4-14H2,1-3H3. The van der Waals surface area contributed by atoms with Gasteiger partial charge in [0.15, 0.2) is 0 Å². The number of hydrogen-bond acceptors (Lipinski definition) is 2. The Morgan fingerprint density at radius 1 is 1.10 bits per heavy atom. The molecule has 1 aliphatic heterocycles. The van der Waals surface area contributed by atoms with Gasteiger partial charge >= 0.3 is 0 Å². The Morgan fingerprint density at radius 2 is 1.95 bits per heavy atom. The fraction of sp³-hybridized carbons (Fsp3) is 1.00. The predicted molar refractivity (Wildman–Crippen MR) is 88.1 cm³/mol. The molecule has 1 saturated heterocycles. The van der Waals surface area contributed by atoms with E-state index in [4.69, 9.17) is 0 Å². The molecule has 1 saturated carbocycles. The Balaban J connectivity index is 1.92. The first-order valence-corrected chi connectivity index (χ1v) is 9.15. The van der Waals surface area contributed by atoms with Crippen molar-refractivity contribution in [3.8, 4) is 0 Å². The minimum atomic E-state index is 0.763. The van der Waals surface area contributed by atoms with Crippen molar-refractivity contribution < 1.29 is 0 Å². The van der Waals surface area contributed by atoms with Crippen LogP contribution in [0.1, 0.15) is 71.6 Å². The van der Waals surface area contributed by atoms with E-state index in [0.717, 1.165) is 23.9 Å². The first-order valence-electron chi connectivity index (χ1n) is 9.15. The molecule has 20 heavy (non-hydrogen) atoms. The summed E-state index contributed by atoms with van der Waals surface area (Å²) in [5, 5.41) is 3.61. The second kappa shape index (κ2) is 8.38. The van der Waals surface area contributed by atoms with Crippen LogP contribution in [0.15, 0.2) is 0 Å². The van der Waals surface area contributed by atoms with Gasteiger partial charge < -0.3 is 10.2 Å². The van der Waals surface area contributed by atoms with Crippen molar-refractivity contribution in [3.63, 3.8) is 0 Å². The smallest absolute Gasteiger partial charge is 0.0105 e. The Labute approximate surface area is 126 Å². The first kappa shape index (κ1) is 16.3. The molecule has 2 rings (SSSR count). The van der Waals surface area contributed by atoms with Crippen LogP contribution in [0.25, 0.3) is 0 Å². The van der Waals surface area contributed by atoms with Crippen LogP contribution in [0, 0.1) is 11.8 Å². The molecule has 1 N–H and O–H groups in total. The fourth-order valence-corrected chi connectivity index (χ4v) is 4.52. The zero-order valence-electron chi connectivity index (χ0n) is 14.0. The summed E-state index contributed by atoms with van der Waals surface area (Å²) in [4.78, 5) is 2.80. The van der Waals surface area contributed by atoms with Crippen molar-refractivity contribution >= 4 is 0 Å². The second-order valence-electron chi connectivity index (χ2n) is 7.32. The summed E-state index contributed by atoms with van der Waals surface area (Å²) in [6.07, 6.45) is 12.8. The van der Waals surface area contributed by atoms with Crippen LogP contribution in [-0.4, -0.2) is 37.1 Å². The normalized spacial score (nSPS) is 36.8. The van der Waals surface area contributed by atoms with Gasteiger partial charge in [0.25, 0.3) is 0 Å². The van der Waals surface area contributed by atoms with Gasteiger partial charge in [-0.2, -0.15) is 0 Å². The van der Waals surface area contributed by atoms with Crippen molar-refractivity contribution in [2.75, 3.05) is 20.1 Å². The summed E-state index contributed by atoms with van der Waals surface area (Å²) >= 11 is 0. The molecule has 118 valence electrons. The molecule has 0 aromatic carbocycles. The topological polar surface area (TPSA) is 15.3 Å². The van der Waals surface area contributed by atoms with Crippen molar-refractivity contribution in [2.24, 2.45) is 11.8 Å². The van der Waals surface area contributed by atoms with E-state index in [1.165, 1.54) is 70.9 Å². The largest absolute Gasteiger partial charge is 0.317 e. The lowest BCUT2D eigenvalue weighted by atomic mass is 9.76. The Kier molecular flexibility index (Phi) is 6.83. The van der Waals surface area contributed by atoms with Gasteiger partial charge in [-0.15, -0.1) is 0 Å². The Morgan fingerprint density at radius 3 is 2.70 bits per heavy atom. The minimum Gasteiger partial charge on any atom is -0.317 e. The second-order valence-corrected chi connectivity index (χ2v) is 7.32. The van der Waals surface area contributed by atoms with Gasteiger partial charge in [-0.25, -0.2) is 0 Å². The summed E-state index contributed by atoms with van der Waals surface area (Å²) in [6.45, 7) is 7.47. The molecule has 1 heterocycles. The summed E-state index contributed by atoms with van der Waals surface area (Å²) in [5.41, 5.74) is 0. The summed E-state index contributed by atoms with van der Waals surface area (Å²) < 4.78 is 0. The molecule has 4 atom stereocenters. The minimum absolute atomic E-state index is 0.763. The Bertz CT molecular complexity index is 266. The van der Waals surface area contributed by atoms with Crippen LogP contribution in [-0.2, 0) is 0 Å². The molecule has 4 unspecified atom stereocenters. The summed E-state index contributed by atoms with van der Waals surface area (Å²) in [6, 6.07) is 1.57. The Hall–Kier alpha value is -0.0800. The van der Waals surface area contributed by atoms with Crippen LogP contribution in [0.4, 0.5) is 0 Å². The highest BCUT2D eigenvalue weighted by Crippen LogP contribution is 2.33. The molecule has 0 radical (unpaired) electrons. The number of nitrogens with zero attached hydrogens (tertiary/aromatic N) is 1. The highest BCUT2D eigenvalue weighted by molar-refractivity contribution is 4.87. The van der Waals surface area contributed by atoms with E-state index in [-0.39, 0.29) is 0 Å². The summed E-state index contributed by atoms with van der Waals surface area (Å²) in [7, 11) is 2.17. The maximum absolute atomic E-state index is 3.61. The van der Waals surface area contributed by atoms with E-state index in [9.17, 15) is 0 Å². The van der Waals surface area contributed by atoms with E-state index in [0.29, 0.717) is 0 Å². The van der Waals surface area contributed by atoms with Gasteiger partial charge in [-0.1, -0.05) is 32.6 Å². The van der Waals surface area contributed by atoms with Gasteiger partial charge in [-0.05, 0) is 64.5 Å². The number of rotatable bonds is 5. The molecule has 2 nitrogen and oxygen atoms in total. The molecule has 2 aliphatic rings. The van der Waals surface area contributed by atoms with E-state index >= 15 is 0 Å². The van der Waals surface area contributed by atoms with Crippen LogP contribution in [0.2, 0.25) is 0 Å². The van der Waals surface area contributed by atoms with Crippen molar-refractivity contribution in [2.45, 2.75) is 83.7 Å². The lowest BCUT2D eigenvalue weighted by Gasteiger charge is -2.40. The average Bonchev–Trinajstić information content (AvgIpc) is 2.65. The van der Waals surface area contributed by atoms with E-state index in [2.05, 4.69) is 31.1 Å². The van der Waals surface area contributed by atoms with Crippen LogP contribution >= 0.6 is 0 Å². The SMILES string of the molecule is CCCC1CCC(NC)C(CN2CCCCCC2C)C1. The van der Waals surface area contributed by atoms with Crippen LogP contribution < -0.4 is 5.32 Å². The number of likely N-dealkylation sites (tertiary alicyclic amines) is 1. The third-order valence-corrected chi connectivity index (χ3v) is 5.82. The maximum Gasteiger partial charge on any atom is 0.0105 e. The third-order valence-electron chi connectivity index (χ3n) is 5.82. The average molecular weight is 280 g/mol. The molecule has 0 aromatic rings. The van der Waals surface area contributed by atoms with Gasteiger partial charge in [0, 0.05) is 18.6 Å². The van der Waals surface area contributed by atoms with Crippen molar-refractivity contribution in [1.82, 2.24) is 10.2 Å².